The van der Waals surface area contributed by atoms with Crippen LogP contribution in [0.5, 0.6) is 0 Å². The predicted molar refractivity (Wildman–Crippen MR) is 52.5 cm³/mol. The van der Waals surface area contributed by atoms with Crippen molar-refractivity contribution in [3.8, 4) is 0 Å². The van der Waals surface area contributed by atoms with E-state index in [-0.39, 0.29) is 0 Å². The average Bonchev–Trinajstić information content (AvgIpc) is 2.84. The lowest BCUT2D eigenvalue weighted by Gasteiger charge is -2.02. The Morgan fingerprint density at radius 2 is 2.31 bits per heavy atom. The molecule has 1 fully saturated rings. The first-order valence-electron chi connectivity index (χ1n) is 4.64. The van der Waals surface area contributed by atoms with Gasteiger partial charge in [-0.25, -0.2) is 0 Å². The van der Waals surface area contributed by atoms with E-state index in [9.17, 15) is 0 Å². The zero-order valence-corrected chi connectivity index (χ0v) is 7.86. The molecule has 2 nitrogen and oxygen atoms in total. The molecular weight excluding hydrogens is 162 g/mol. The predicted octanol–water partition coefficient (Wildman–Crippen LogP) is 1.65. The molecule has 2 unspecified atom stereocenters. The van der Waals surface area contributed by atoms with Gasteiger partial charge in [0, 0.05) is 19.1 Å². The SMILES string of the molecule is COCc1cccc(C2CC2N)c1. The number of benzene rings is 1. The van der Waals surface area contributed by atoms with Crippen LogP contribution in [-0.2, 0) is 11.3 Å². The Hall–Kier alpha value is -0.860. The fourth-order valence-corrected chi connectivity index (χ4v) is 1.68. The van der Waals surface area contributed by atoms with Crippen molar-refractivity contribution in [1.82, 2.24) is 0 Å². The average molecular weight is 177 g/mol. The topological polar surface area (TPSA) is 35.2 Å². The molecular formula is C11H15NO. The summed E-state index contributed by atoms with van der Waals surface area (Å²) >= 11 is 0. The smallest absolute Gasteiger partial charge is 0.0713 e. The van der Waals surface area contributed by atoms with Crippen molar-refractivity contribution >= 4 is 0 Å². The summed E-state index contributed by atoms with van der Waals surface area (Å²) in [5.41, 5.74) is 8.39. The summed E-state index contributed by atoms with van der Waals surface area (Å²) in [5.74, 6) is 0.594. The minimum Gasteiger partial charge on any atom is -0.380 e. The lowest BCUT2D eigenvalue weighted by Crippen LogP contribution is -2.01. The van der Waals surface area contributed by atoms with Crippen LogP contribution in [0.2, 0.25) is 0 Å². The molecule has 0 aliphatic heterocycles. The Morgan fingerprint density at radius 3 is 2.92 bits per heavy atom. The third-order valence-electron chi connectivity index (χ3n) is 2.53. The van der Waals surface area contributed by atoms with Crippen LogP contribution in [-0.4, -0.2) is 13.2 Å². The summed E-state index contributed by atoms with van der Waals surface area (Å²) in [4.78, 5) is 0. The highest BCUT2D eigenvalue weighted by molar-refractivity contribution is 5.31. The Bertz CT molecular complexity index is 298. The second kappa shape index (κ2) is 3.48. The number of hydrogen-bond acceptors (Lipinski definition) is 2. The number of ether oxygens (including phenoxy) is 1. The van der Waals surface area contributed by atoms with Gasteiger partial charge < -0.3 is 10.5 Å². The van der Waals surface area contributed by atoms with Gasteiger partial charge in [-0.05, 0) is 17.5 Å². The van der Waals surface area contributed by atoms with E-state index in [2.05, 4.69) is 24.3 Å². The van der Waals surface area contributed by atoms with Gasteiger partial charge in [-0.1, -0.05) is 24.3 Å². The van der Waals surface area contributed by atoms with Crippen LogP contribution in [0.1, 0.15) is 23.5 Å². The van der Waals surface area contributed by atoms with Crippen LogP contribution >= 0.6 is 0 Å². The molecule has 1 aromatic carbocycles. The first kappa shape index (κ1) is 8.73. The Labute approximate surface area is 78.7 Å². The monoisotopic (exact) mass is 177 g/mol. The van der Waals surface area contributed by atoms with Gasteiger partial charge >= 0.3 is 0 Å². The van der Waals surface area contributed by atoms with Crippen LogP contribution in [0.4, 0.5) is 0 Å². The molecule has 0 spiro atoms. The third-order valence-corrected chi connectivity index (χ3v) is 2.53. The van der Waals surface area contributed by atoms with Crippen molar-refractivity contribution in [2.24, 2.45) is 5.73 Å². The van der Waals surface area contributed by atoms with E-state index in [1.54, 1.807) is 7.11 Å². The Kier molecular flexibility index (Phi) is 2.34. The van der Waals surface area contributed by atoms with Gasteiger partial charge in [-0.2, -0.15) is 0 Å². The van der Waals surface area contributed by atoms with Crippen molar-refractivity contribution < 1.29 is 4.74 Å². The summed E-state index contributed by atoms with van der Waals surface area (Å²) in [7, 11) is 1.72. The minimum absolute atomic E-state index is 0.387. The molecule has 1 aliphatic rings. The Morgan fingerprint density at radius 1 is 1.54 bits per heavy atom. The van der Waals surface area contributed by atoms with Crippen LogP contribution in [0, 0.1) is 0 Å². The summed E-state index contributed by atoms with van der Waals surface area (Å²) in [5, 5.41) is 0. The van der Waals surface area contributed by atoms with Crippen molar-refractivity contribution in [3.63, 3.8) is 0 Å². The summed E-state index contributed by atoms with van der Waals surface area (Å²) in [6, 6.07) is 8.89. The van der Waals surface area contributed by atoms with Crippen molar-refractivity contribution in [2.45, 2.75) is 25.0 Å². The molecule has 2 rings (SSSR count). The second-order valence-electron chi connectivity index (χ2n) is 3.68. The summed E-state index contributed by atoms with van der Waals surface area (Å²) in [6.07, 6.45) is 1.14. The van der Waals surface area contributed by atoms with Crippen LogP contribution in [0.3, 0.4) is 0 Å². The fraction of sp³-hybridized carbons (Fsp3) is 0.455. The van der Waals surface area contributed by atoms with Gasteiger partial charge in [0.05, 0.1) is 6.61 Å². The molecule has 70 valence electrons. The first-order chi connectivity index (χ1) is 6.31. The molecule has 0 amide bonds. The highest BCUT2D eigenvalue weighted by Gasteiger charge is 2.34. The van der Waals surface area contributed by atoms with E-state index in [4.69, 9.17) is 10.5 Å². The molecule has 1 aliphatic carbocycles. The van der Waals surface area contributed by atoms with E-state index in [0.717, 1.165) is 6.42 Å². The first-order valence-corrected chi connectivity index (χ1v) is 4.64. The largest absolute Gasteiger partial charge is 0.380 e. The van der Waals surface area contributed by atoms with E-state index in [1.165, 1.54) is 11.1 Å². The maximum atomic E-state index is 5.79. The van der Waals surface area contributed by atoms with Crippen LogP contribution < -0.4 is 5.73 Å². The normalized spacial score (nSPS) is 26.0. The zero-order chi connectivity index (χ0) is 9.26. The molecule has 1 saturated carbocycles. The standard InChI is InChI=1S/C11H15NO/c1-13-7-8-3-2-4-9(5-8)10-6-11(10)12/h2-5,10-11H,6-7,12H2,1H3. The molecule has 2 N–H and O–H groups in total. The highest BCUT2D eigenvalue weighted by Crippen LogP contribution is 2.39. The molecule has 0 radical (unpaired) electrons. The van der Waals surface area contributed by atoms with Gasteiger partial charge in [-0.3, -0.25) is 0 Å². The summed E-state index contributed by atoms with van der Waals surface area (Å²) in [6.45, 7) is 0.690. The molecule has 0 aromatic heterocycles. The molecule has 13 heavy (non-hydrogen) atoms. The lowest BCUT2D eigenvalue weighted by molar-refractivity contribution is 0.185. The van der Waals surface area contributed by atoms with E-state index >= 15 is 0 Å². The molecule has 0 heterocycles. The molecule has 0 saturated heterocycles. The maximum Gasteiger partial charge on any atom is 0.0713 e. The minimum atomic E-state index is 0.387. The molecule has 2 heteroatoms. The fourth-order valence-electron chi connectivity index (χ4n) is 1.68. The maximum absolute atomic E-state index is 5.79. The van der Waals surface area contributed by atoms with Crippen LogP contribution in [0.25, 0.3) is 0 Å². The van der Waals surface area contributed by atoms with Gasteiger partial charge in [0.15, 0.2) is 0 Å². The highest BCUT2D eigenvalue weighted by atomic mass is 16.5. The number of methoxy groups -OCH3 is 1. The number of nitrogens with two attached hydrogens (primary N) is 1. The van der Waals surface area contributed by atoms with E-state index < -0.39 is 0 Å². The molecule has 2 atom stereocenters. The number of rotatable bonds is 3. The Balaban J connectivity index is 2.13. The van der Waals surface area contributed by atoms with Crippen molar-refractivity contribution in [1.29, 1.82) is 0 Å². The quantitative estimate of drug-likeness (QED) is 0.762. The lowest BCUT2D eigenvalue weighted by atomic mass is 10.1. The van der Waals surface area contributed by atoms with E-state index in [0.29, 0.717) is 18.6 Å². The molecule has 1 aromatic rings. The van der Waals surface area contributed by atoms with E-state index in [1.807, 2.05) is 0 Å². The number of hydrogen-bond donors (Lipinski definition) is 1. The zero-order valence-electron chi connectivity index (χ0n) is 7.86. The third kappa shape index (κ3) is 1.90. The van der Waals surface area contributed by atoms with Gasteiger partial charge in [-0.15, -0.1) is 0 Å². The van der Waals surface area contributed by atoms with Gasteiger partial charge in [0.1, 0.15) is 0 Å². The van der Waals surface area contributed by atoms with Gasteiger partial charge in [0.2, 0.25) is 0 Å². The molecule has 0 bridgehead atoms. The van der Waals surface area contributed by atoms with Crippen LogP contribution in [0.15, 0.2) is 24.3 Å². The van der Waals surface area contributed by atoms with Crippen molar-refractivity contribution in [2.75, 3.05) is 7.11 Å². The second-order valence-corrected chi connectivity index (χ2v) is 3.68. The van der Waals surface area contributed by atoms with Gasteiger partial charge in [0.25, 0.3) is 0 Å². The van der Waals surface area contributed by atoms with Crippen molar-refractivity contribution in [3.05, 3.63) is 35.4 Å². The summed E-state index contributed by atoms with van der Waals surface area (Å²) < 4.78 is 5.08.